The number of hydrogen-bond acceptors (Lipinski definition) is 5. The van der Waals surface area contributed by atoms with Gasteiger partial charge in [0.15, 0.2) is 4.93 Å². The summed E-state index contributed by atoms with van der Waals surface area (Å²) < 4.78 is 45.6. The molecular weight excluding hydrogens is 367 g/mol. The maximum absolute atomic E-state index is 11.6. The minimum Gasteiger partial charge on any atom is -0.746 e. The molecule has 0 saturated heterocycles. The molecule has 0 saturated carbocycles. The minimum absolute atomic E-state index is 0. The number of hydrogen-bond donors (Lipinski definition) is 0. The molecule has 1 unspecified atom stereocenters. The van der Waals surface area contributed by atoms with Crippen LogP contribution in [0, 0.1) is 0 Å². The molecule has 1 aromatic carbocycles. The van der Waals surface area contributed by atoms with Crippen LogP contribution in [0.15, 0.2) is 30.3 Å². The standard InChI is InChI=1S/C18H30O5S.Na.H2O/c1-3-4-5-6-7-11-14-18(2,24(19,20)21)23-16-15-22-17-12-9-8-10-13-17;;/h8-10,12-13H,3-7,11,14-16H2,1-2H3,(H,19,20,21);;1H2/q;+1;/p-1. The zero-order valence-electron chi connectivity index (χ0n) is 16.2. The summed E-state index contributed by atoms with van der Waals surface area (Å²) in [4.78, 5) is -1.68. The topological polar surface area (TPSA) is 107 Å². The van der Waals surface area contributed by atoms with Gasteiger partial charge in [0.05, 0.1) is 6.61 Å². The van der Waals surface area contributed by atoms with Gasteiger partial charge in [-0.3, -0.25) is 0 Å². The second-order valence-corrected chi connectivity index (χ2v) is 7.89. The molecule has 0 aliphatic rings. The number of unbranched alkanes of at least 4 members (excludes halogenated alkanes) is 5. The average molecular weight is 398 g/mol. The molecule has 0 aliphatic carbocycles. The third-order valence-electron chi connectivity index (χ3n) is 4.02. The van der Waals surface area contributed by atoms with Crippen molar-refractivity contribution >= 4 is 10.1 Å². The molecule has 0 aromatic heterocycles. The Morgan fingerprint density at radius 1 is 1.00 bits per heavy atom. The van der Waals surface area contributed by atoms with Crippen molar-refractivity contribution in [3.05, 3.63) is 30.3 Å². The number of ether oxygens (including phenoxy) is 2. The van der Waals surface area contributed by atoms with E-state index in [9.17, 15) is 13.0 Å². The van der Waals surface area contributed by atoms with E-state index in [1.807, 2.05) is 18.2 Å². The van der Waals surface area contributed by atoms with Gasteiger partial charge in [0.1, 0.15) is 22.5 Å². The third-order valence-corrected chi connectivity index (χ3v) is 5.40. The summed E-state index contributed by atoms with van der Waals surface area (Å²) in [6, 6.07) is 9.19. The van der Waals surface area contributed by atoms with Gasteiger partial charge in [-0.15, -0.1) is 0 Å². The Bertz CT molecular complexity index is 552. The molecule has 2 N–H and O–H groups in total. The molecule has 0 heterocycles. The molecule has 0 spiro atoms. The van der Waals surface area contributed by atoms with Gasteiger partial charge in [0.25, 0.3) is 0 Å². The van der Waals surface area contributed by atoms with Crippen molar-refractivity contribution in [3.63, 3.8) is 0 Å². The molecule has 0 radical (unpaired) electrons. The number of benzene rings is 1. The van der Waals surface area contributed by atoms with Gasteiger partial charge in [-0.05, 0) is 31.9 Å². The van der Waals surface area contributed by atoms with Crippen LogP contribution in [-0.4, -0.2) is 36.6 Å². The van der Waals surface area contributed by atoms with Crippen molar-refractivity contribution in [2.75, 3.05) is 13.2 Å². The van der Waals surface area contributed by atoms with Crippen LogP contribution in [-0.2, 0) is 14.9 Å². The molecule has 146 valence electrons. The fraction of sp³-hybridized carbons (Fsp3) is 0.667. The average Bonchev–Trinajstić information content (AvgIpc) is 2.55. The van der Waals surface area contributed by atoms with E-state index in [1.165, 1.54) is 13.3 Å². The van der Waals surface area contributed by atoms with Gasteiger partial charge in [-0.1, -0.05) is 57.2 Å². The second-order valence-electron chi connectivity index (χ2n) is 6.12. The molecule has 0 amide bonds. The Morgan fingerprint density at radius 2 is 1.58 bits per heavy atom. The van der Waals surface area contributed by atoms with Crippen LogP contribution in [0.3, 0.4) is 0 Å². The predicted molar refractivity (Wildman–Crippen MR) is 97.6 cm³/mol. The Kier molecular flexibility index (Phi) is 16.0. The van der Waals surface area contributed by atoms with E-state index in [4.69, 9.17) is 9.47 Å². The third kappa shape index (κ3) is 10.9. The number of para-hydroxylation sites is 1. The van der Waals surface area contributed by atoms with Crippen LogP contribution in [0.25, 0.3) is 0 Å². The Hall–Kier alpha value is -0.150. The first kappa shape index (κ1) is 28.1. The van der Waals surface area contributed by atoms with Gasteiger partial charge in [0, 0.05) is 0 Å². The Morgan fingerprint density at radius 3 is 2.15 bits per heavy atom. The van der Waals surface area contributed by atoms with Crippen LogP contribution in [0.4, 0.5) is 0 Å². The molecule has 1 atom stereocenters. The fourth-order valence-electron chi connectivity index (χ4n) is 2.43. The predicted octanol–water partition coefficient (Wildman–Crippen LogP) is 0.273. The van der Waals surface area contributed by atoms with Crippen molar-refractivity contribution in [2.24, 2.45) is 0 Å². The van der Waals surface area contributed by atoms with Gasteiger partial charge in [-0.25, -0.2) is 8.42 Å². The maximum Gasteiger partial charge on any atom is 1.00 e. The molecule has 1 aromatic rings. The van der Waals surface area contributed by atoms with E-state index in [1.54, 1.807) is 12.1 Å². The van der Waals surface area contributed by atoms with Crippen molar-refractivity contribution in [2.45, 2.75) is 63.7 Å². The maximum atomic E-state index is 11.6. The van der Waals surface area contributed by atoms with Crippen LogP contribution < -0.4 is 34.3 Å². The molecule has 6 nitrogen and oxygen atoms in total. The van der Waals surface area contributed by atoms with E-state index >= 15 is 0 Å². The van der Waals surface area contributed by atoms with E-state index in [0.29, 0.717) is 12.2 Å². The van der Waals surface area contributed by atoms with E-state index in [-0.39, 0.29) is 54.7 Å². The molecule has 0 bridgehead atoms. The summed E-state index contributed by atoms with van der Waals surface area (Å²) in [5.41, 5.74) is 0. The van der Waals surface area contributed by atoms with Crippen molar-refractivity contribution in [1.29, 1.82) is 0 Å². The molecule has 0 fully saturated rings. The molecular formula is C18H31NaO6S. The zero-order valence-corrected chi connectivity index (χ0v) is 19.0. The van der Waals surface area contributed by atoms with Crippen molar-refractivity contribution in [3.8, 4) is 5.75 Å². The van der Waals surface area contributed by atoms with Crippen LogP contribution in [0.2, 0.25) is 0 Å². The summed E-state index contributed by atoms with van der Waals surface area (Å²) in [5.74, 6) is 0.684. The summed E-state index contributed by atoms with van der Waals surface area (Å²) in [6.07, 6.45) is 6.34. The second kappa shape index (κ2) is 14.9. The first-order valence-electron chi connectivity index (χ1n) is 8.66. The fourth-order valence-corrected chi connectivity index (χ4v) is 3.05. The largest absolute Gasteiger partial charge is 1.00 e. The first-order chi connectivity index (χ1) is 11.4. The van der Waals surface area contributed by atoms with Crippen LogP contribution in [0.1, 0.15) is 58.8 Å². The Balaban J connectivity index is 0. The van der Waals surface area contributed by atoms with Gasteiger partial charge in [-0.2, -0.15) is 0 Å². The van der Waals surface area contributed by atoms with E-state index in [2.05, 4.69) is 6.92 Å². The van der Waals surface area contributed by atoms with Crippen LogP contribution in [0.5, 0.6) is 5.75 Å². The molecule has 1 rings (SSSR count). The zero-order chi connectivity index (χ0) is 17.9. The molecule has 26 heavy (non-hydrogen) atoms. The monoisotopic (exact) mass is 398 g/mol. The molecule has 0 aliphatic heterocycles. The van der Waals surface area contributed by atoms with Crippen molar-refractivity contribution < 1.29 is 57.5 Å². The van der Waals surface area contributed by atoms with E-state index in [0.717, 1.165) is 25.7 Å². The number of rotatable bonds is 13. The van der Waals surface area contributed by atoms with Crippen LogP contribution >= 0.6 is 0 Å². The van der Waals surface area contributed by atoms with Crippen molar-refractivity contribution in [1.82, 2.24) is 0 Å². The van der Waals surface area contributed by atoms with Gasteiger partial charge >= 0.3 is 29.6 Å². The van der Waals surface area contributed by atoms with E-state index < -0.39 is 15.1 Å². The van der Waals surface area contributed by atoms with Gasteiger partial charge in [0.2, 0.25) is 0 Å². The molecule has 8 heteroatoms. The quantitative estimate of drug-likeness (QED) is 0.269. The summed E-state index contributed by atoms with van der Waals surface area (Å²) in [6.45, 7) is 3.77. The smallest absolute Gasteiger partial charge is 0.746 e. The SMILES string of the molecule is CCCCCCCCC(C)(OCCOc1ccccc1)S(=O)(=O)[O-].O.[Na+]. The summed E-state index contributed by atoms with van der Waals surface area (Å²) in [7, 11) is -4.53. The first-order valence-corrected chi connectivity index (χ1v) is 10.1. The summed E-state index contributed by atoms with van der Waals surface area (Å²) in [5, 5.41) is 0. The minimum atomic E-state index is -4.53. The normalized spacial score (nSPS) is 13.2. The summed E-state index contributed by atoms with van der Waals surface area (Å²) >= 11 is 0. The van der Waals surface area contributed by atoms with Gasteiger partial charge < -0.3 is 19.5 Å². The Labute approximate surface area is 180 Å².